The SMILES string of the molecule is c1nc2n(n1)CC(NCc1nc(C3CC3)no1)CC2. The summed E-state index contributed by atoms with van der Waals surface area (Å²) in [5.41, 5.74) is 0. The van der Waals surface area contributed by atoms with Crippen LogP contribution in [0.2, 0.25) is 0 Å². The molecule has 3 heterocycles. The lowest BCUT2D eigenvalue weighted by Crippen LogP contribution is -2.37. The first-order chi connectivity index (χ1) is 9.38. The molecule has 1 aliphatic carbocycles. The average molecular weight is 260 g/mol. The van der Waals surface area contributed by atoms with Crippen LogP contribution < -0.4 is 5.32 Å². The van der Waals surface area contributed by atoms with Crippen molar-refractivity contribution in [2.24, 2.45) is 0 Å². The van der Waals surface area contributed by atoms with E-state index in [4.69, 9.17) is 4.52 Å². The van der Waals surface area contributed by atoms with Crippen LogP contribution >= 0.6 is 0 Å². The molecule has 0 spiro atoms. The Morgan fingerprint density at radius 3 is 3.21 bits per heavy atom. The summed E-state index contributed by atoms with van der Waals surface area (Å²) in [4.78, 5) is 8.64. The van der Waals surface area contributed by atoms with E-state index >= 15 is 0 Å². The maximum absolute atomic E-state index is 5.25. The molecular formula is C12H16N6O. The van der Waals surface area contributed by atoms with E-state index in [9.17, 15) is 0 Å². The first-order valence-corrected chi connectivity index (χ1v) is 6.81. The normalized spacial score (nSPS) is 22.4. The van der Waals surface area contributed by atoms with E-state index in [2.05, 4.69) is 25.5 Å². The van der Waals surface area contributed by atoms with E-state index in [0.29, 0.717) is 24.4 Å². The Kier molecular flexibility index (Phi) is 2.58. The molecule has 1 aliphatic heterocycles. The second-order valence-corrected chi connectivity index (χ2v) is 5.30. The highest BCUT2D eigenvalue weighted by atomic mass is 16.5. The van der Waals surface area contributed by atoms with Gasteiger partial charge in [-0.15, -0.1) is 0 Å². The molecule has 1 atom stereocenters. The fourth-order valence-electron chi connectivity index (χ4n) is 2.48. The number of fused-ring (bicyclic) bond motifs is 1. The van der Waals surface area contributed by atoms with Crippen molar-refractivity contribution in [1.29, 1.82) is 0 Å². The fraction of sp³-hybridized carbons (Fsp3) is 0.667. The highest BCUT2D eigenvalue weighted by molar-refractivity contribution is 5.03. The van der Waals surface area contributed by atoms with Crippen molar-refractivity contribution in [3.05, 3.63) is 23.9 Å². The lowest BCUT2D eigenvalue weighted by atomic mass is 10.1. The predicted octanol–water partition coefficient (Wildman–Crippen LogP) is 0.643. The van der Waals surface area contributed by atoms with Crippen molar-refractivity contribution in [3.8, 4) is 0 Å². The Labute approximate surface area is 110 Å². The monoisotopic (exact) mass is 260 g/mol. The summed E-state index contributed by atoms with van der Waals surface area (Å²) in [6.45, 7) is 1.49. The minimum absolute atomic E-state index is 0.394. The highest BCUT2D eigenvalue weighted by Gasteiger charge is 2.29. The Balaban J connectivity index is 1.34. The van der Waals surface area contributed by atoms with E-state index in [-0.39, 0.29) is 0 Å². The molecule has 19 heavy (non-hydrogen) atoms. The Bertz CT molecular complexity index is 572. The second kappa shape index (κ2) is 4.41. The van der Waals surface area contributed by atoms with Gasteiger partial charge in [0.25, 0.3) is 0 Å². The smallest absolute Gasteiger partial charge is 0.240 e. The number of nitrogens with one attached hydrogen (secondary N) is 1. The number of aromatic nitrogens is 5. The van der Waals surface area contributed by atoms with Crippen LogP contribution in [0.3, 0.4) is 0 Å². The number of nitrogens with zero attached hydrogens (tertiary/aromatic N) is 5. The molecule has 1 fully saturated rings. The lowest BCUT2D eigenvalue weighted by Gasteiger charge is -2.22. The summed E-state index contributed by atoms with van der Waals surface area (Å²) >= 11 is 0. The fourth-order valence-corrected chi connectivity index (χ4v) is 2.48. The zero-order valence-electron chi connectivity index (χ0n) is 10.6. The van der Waals surface area contributed by atoms with Gasteiger partial charge in [-0.25, -0.2) is 9.67 Å². The third-order valence-electron chi connectivity index (χ3n) is 3.77. The molecule has 0 saturated heterocycles. The van der Waals surface area contributed by atoms with E-state index in [1.165, 1.54) is 12.8 Å². The maximum atomic E-state index is 5.25. The van der Waals surface area contributed by atoms with Crippen molar-refractivity contribution in [3.63, 3.8) is 0 Å². The summed E-state index contributed by atoms with van der Waals surface area (Å²) in [5.74, 6) is 3.18. The molecule has 1 N–H and O–H groups in total. The summed E-state index contributed by atoms with van der Waals surface area (Å²) in [6, 6.07) is 0.394. The molecule has 2 aromatic heterocycles. The standard InChI is InChI=1S/C12H16N6O/c1-2-8(1)12-16-11(19-17-12)5-13-9-3-4-10-14-7-15-18(10)6-9/h7-9,13H,1-6H2. The summed E-state index contributed by atoms with van der Waals surface area (Å²) < 4.78 is 7.22. The van der Waals surface area contributed by atoms with Crippen LogP contribution in [0.4, 0.5) is 0 Å². The van der Waals surface area contributed by atoms with Crippen LogP contribution in [0.15, 0.2) is 10.9 Å². The third kappa shape index (κ3) is 2.25. The Hall–Kier alpha value is -1.76. The van der Waals surface area contributed by atoms with Crippen LogP contribution in [0.5, 0.6) is 0 Å². The minimum Gasteiger partial charge on any atom is -0.338 e. The topological polar surface area (TPSA) is 81.7 Å². The van der Waals surface area contributed by atoms with Gasteiger partial charge >= 0.3 is 0 Å². The Morgan fingerprint density at radius 2 is 2.32 bits per heavy atom. The zero-order chi connectivity index (χ0) is 12.7. The van der Waals surface area contributed by atoms with Crippen LogP contribution in [0, 0.1) is 0 Å². The maximum Gasteiger partial charge on any atom is 0.240 e. The van der Waals surface area contributed by atoms with Crippen LogP contribution in [-0.4, -0.2) is 30.9 Å². The highest BCUT2D eigenvalue weighted by Crippen LogP contribution is 2.38. The molecular weight excluding hydrogens is 244 g/mol. The summed E-state index contributed by atoms with van der Waals surface area (Å²) in [5, 5.41) is 11.7. The van der Waals surface area contributed by atoms with Crippen LogP contribution in [0.25, 0.3) is 0 Å². The first kappa shape index (κ1) is 11.1. The van der Waals surface area contributed by atoms with Crippen molar-refractivity contribution in [2.45, 2.75) is 50.7 Å². The molecule has 0 radical (unpaired) electrons. The van der Waals surface area contributed by atoms with E-state index in [1.807, 2.05) is 4.68 Å². The molecule has 2 aliphatic rings. The number of rotatable bonds is 4. The van der Waals surface area contributed by atoms with Gasteiger partial charge in [-0.1, -0.05) is 5.16 Å². The average Bonchev–Trinajstić information content (AvgIpc) is 3.01. The number of hydrogen-bond acceptors (Lipinski definition) is 6. The molecule has 1 saturated carbocycles. The third-order valence-corrected chi connectivity index (χ3v) is 3.77. The number of aryl methyl sites for hydroxylation is 1. The summed E-state index contributed by atoms with van der Waals surface area (Å²) in [7, 11) is 0. The van der Waals surface area contributed by atoms with Crippen molar-refractivity contribution < 1.29 is 4.52 Å². The van der Waals surface area contributed by atoms with Gasteiger partial charge in [-0.05, 0) is 19.3 Å². The van der Waals surface area contributed by atoms with Gasteiger partial charge in [0.15, 0.2) is 5.82 Å². The van der Waals surface area contributed by atoms with Gasteiger partial charge in [-0.2, -0.15) is 10.1 Å². The van der Waals surface area contributed by atoms with E-state index < -0.39 is 0 Å². The largest absolute Gasteiger partial charge is 0.338 e. The van der Waals surface area contributed by atoms with Gasteiger partial charge in [0.05, 0.1) is 13.1 Å². The van der Waals surface area contributed by atoms with Gasteiger partial charge in [0.2, 0.25) is 5.89 Å². The molecule has 0 aromatic carbocycles. The van der Waals surface area contributed by atoms with Crippen molar-refractivity contribution >= 4 is 0 Å². The molecule has 7 nitrogen and oxygen atoms in total. The van der Waals surface area contributed by atoms with Crippen LogP contribution in [0.1, 0.15) is 42.7 Å². The molecule has 0 amide bonds. The molecule has 4 rings (SSSR count). The molecule has 100 valence electrons. The van der Waals surface area contributed by atoms with Crippen molar-refractivity contribution in [2.75, 3.05) is 0 Å². The molecule has 2 aromatic rings. The quantitative estimate of drug-likeness (QED) is 0.869. The predicted molar refractivity (Wildman–Crippen MR) is 65.2 cm³/mol. The lowest BCUT2D eigenvalue weighted by molar-refractivity contribution is 0.319. The van der Waals surface area contributed by atoms with Gasteiger partial charge in [-0.3, -0.25) is 0 Å². The second-order valence-electron chi connectivity index (χ2n) is 5.30. The van der Waals surface area contributed by atoms with E-state index in [0.717, 1.165) is 31.0 Å². The summed E-state index contributed by atoms with van der Waals surface area (Å²) in [6.07, 6.45) is 6.06. The molecule has 0 bridgehead atoms. The zero-order valence-corrected chi connectivity index (χ0v) is 10.6. The molecule has 7 heteroatoms. The number of hydrogen-bond donors (Lipinski definition) is 1. The minimum atomic E-state index is 0.394. The Morgan fingerprint density at radius 1 is 1.37 bits per heavy atom. The van der Waals surface area contributed by atoms with Crippen LogP contribution in [-0.2, 0) is 19.5 Å². The first-order valence-electron chi connectivity index (χ1n) is 6.81. The van der Waals surface area contributed by atoms with Gasteiger partial charge < -0.3 is 9.84 Å². The van der Waals surface area contributed by atoms with Gasteiger partial charge in [0.1, 0.15) is 12.2 Å². The molecule has 1 unspecified atom stereocenters. The van der Waals surface area contributed by atoms with E-state index in [1.54, 1.807) is 6.33 Å². The van der Waals surface area contributed by atoms with Gasteiger partial charge in [0, 0.05) is 18.4 Å². The van der Waals surface area contributed by atoms with Crippen molar-refractivity contribution in [1.82, 2.24) is 30.2 Å².